The van der Waals surface area contributed by atoms with Crippen LogP contribution in [0.15, 0.2) is 54.6 Å². The van der Waals surface area contributed by atoms with Crippen LogP contribution >= 0.6 is 0 Å². The molecule has 1 aliphatic heterocycles. The molecule has 2 aromatic carbocycles. The van der Waals surface area contributed by atoms with Crippen LogP contribution in [0.2, 0.25) is 0 Å². The van der Waals surface area contributed by atoms with E-state index in [9.17, 15) is 24.0 Å². The molecule has 0 saturated carbocycles. The summed E-state index contributed by atoms with van der Waals surface area (Å²) in [6.45, 7) is 9.44. The van der Waals surface area contributed by atoms with Crippen molar-refractivity contribution in [3.8, 4) is 0 Å². The van der Waals surface area contributed by atoms with E-state index >= 15 is 0 Å². The number of hydrogen-bond acceptors (Lipinski definition) is 12. The molecule has 1 saturated heterocycles. The fraction of sp³-hybridized carbons (Fsp3) is 0.462. The maximum absolute atomic E-state index is 12.9. The van der Waals surface area contributed by atoms with Crippen LogP contribution in [0.3, 0.4) is 0 Å². The second kappa shape index (κ2) is 20.3. The van der Waals surface area contributed by atoms with Gasteiger partial charge in [-0.2, -0.15) is 0 Å². The molecule has 0 bridgehead atoms. The van der Waals surface area contributed by atoms with Gasteiger partial charge in [-0.3, -0.25) is 24.0 Å². The largest absolute Gasteiger partial charge is 0.463 e. The van der Waals surface area contributed by atoms with Gasteiger partial charge in [0.05, 0.1) is 0 Å². The van der Waals surface area contributed by atoms with Gasteiger partial charge in [-0.1, -0.05) is 70.2 Å². The fourth-order valence-corrected chi connectivity index (χ4v) is 5.66. The summed E-state index contributed by atoms with van der Waals surface area (Å²) in [5, 5.41) is 4.73. The number of rotatable bonds is 18. The molecule has 1 fully saturated rings. The Labute approximate surface area is 308 Å². The molecule has 4 rings (SSSR count). The number of benzene rings is 2. The summed E-state index contributed by atoms with van der Waals surface area (Å²) in [7, 11) is 0. The number of hydroxylamine groups is 1. The Morgan fingerprint density at radius 1 is 0.792 bits per heavy atom. The van der Waals surface area contributed by atoms with Crippen LogP contribution in [0, 0.1) is 6.92 Å². The van der Waals surface area contributed by atoms with Gasteiger partial charge in [0.2, 0.25) is 6.29 Å². The van der Waals surface area contributed by atoms with E-state index in [4.69, 9.17) is 28.5 Å². The second-order valence-electron chi connectivity index (χ2n) is 12.4. The monoisotopic (exact) mass is 735 g/mol. The third-order valence-electron chi connectivity index (χ3n) is 8.55. The van der Waals surface area contributed by atoms with Gasteiger partial charge in [-0.25, -0.2) is 10.3 Å². The number of aromatic amines is 1. The maximum Gasteiger partial charge on any atom is 0.306 e. The van der Waals surface area contributed by atoms with Gasteiger partial charge >= 0.3 is 23.9 Å². The molecule has 14 heteroatoms. The van der Waals surface area contributed by atoms with E-state index in [2.05, 4.69) is 34.8 Å². The molecule has 2 heterocycles. The molecule has 0 spiro atoms. The van der Waals surface area contributed by atoms with Crippen LogP contribution in [0.4, 0.5) is 0 Å². The summed E-state index contributed by atoms with van der Waals surface area (Å²) in [4.78, 5) is 71.3. The van der Waals surface area contributed by atoms with Gasteiger partial charge in [0.1, 0.15) is 12.7 Å². The first-order chi connectivity index (χ1) is 25.6. The third kappa shape index (κ3) is 11.7. The van der Waals surface area contributed by atoms with Gasteiger partial charge in [-0.05, 0) is 48.7 Å². The van der Waals surface area contributed by atoms with E-state index in [1.165, 1.54) is 22.7 Å². The Morgan fingerprint density at radius 2 is 1.42 bits per heavy atom. The van der Waals surface area contributed by atoms with Crippen molar-refractivity contribution >= 4 is 46.8 Å². The molecule has 53 heavy (non-hydrogen) atoms. The van der Waals surface area contributed by atoms with Crippen LogP contribution in [0.5, 0.6) is 0 Å². The van der Waals surface area contributed by atoms with Crippen molar-refractivity contribution in [2.75, 3.05) is 13.2 Å². The third-order valence-corrected chi connectivity index (χ3v) is 8.55. The highest BCUT2D eigenvalue weighted by molar-refractivity contribution is 5.91. The maximum atomic E-state index is 12.9. The van der Waals surface area contributed by atoms with Gasteiger partial charge in [0.25, 0.3) is 5.91 Å². The van der Waals surface area contributed by atoms with Gasteiger partial charge in [0, 0.05) is 54.9 Å². The summed E-state index contributed by atoms with van der Waals surface area (Å²) < 4.78 is 28.0. The molecule has 286 valence electrons. The highest BCUT2D eigenvalue weighted by Crippen LogP contribution is 2.30. The van der Waals surface area contributed by atoms with Gasteiger partial charge in [0.15, 0.2) is 18.3 Å². The Hall–Kier alpha value is -5.05. The molecule has 5 atom stereocenters. The minimum Gasteiger partial charge on any atom is -0.463 e. The number of nitrogens with one attached hydrogen (secondary N) is 3. The molecule has 3 aromatic rings. The number of esters is 4. The Balaban J connectivity index is 1.39. The average Bonchev–Trinajstić information content (AvgIpc) is 3.49. The minimum absolute atomic E-state index is 0.0278. The zero-order chi connectivity index (χ0) is 38.3. The van der Waals surface area contributed by atoms with Gasteiger partial charge in [-0.15, -0.1) is 0 Å². The lowest BCUT2D eigenvalue weighted by molar-refractivity contribution is -0.318. The fourth-order valence-electron chi connectivity index (χ4n) is 5.66. The van der Waals surface area contributed by atoms with Crippen LogP contribution in [0.25, 0.3) is 17.0 Å². The summed E-state index contributed by atoms with van der Waals surface area (Å²) in [6.07, 6.45) is -3.33. The average molecular weight is 736 g/mol. The number of ether oxygens (including phenoxy) is 5. The normalized spacial score (nSPS) is 19.8. The van der Waals surface area contributed by atoms with Crippen LogP contribution < -0.4 is 10.8 Å². The standard InChI is InChI=1S/C39H49N3O11/c1-6-32(44)48-23-30-36(50-33(45)7-2)37(51-34(46)8-3)38(52-35(47)9-4)39(49-30)53-42-31(43)19-18-25-14-16-26(17-15-25)22-40-21-20-27-24(5)41-29-13-11-10-12-28(27)29/h10-19,30,36-41H,6-9,20-23H2,1-5H3,(H,42,43)/b19-18+/t30-,36+,37+,38-,39+/m1/s1. The summed E-state index contributed by atoms with van der Waals surface area (Å²) >= 11 is 0. The first-order valence-corrected chi connectivity index (χ1v) is 18.0. The van der Waals surface area contributed by atoms with Crippen molar-refractivity contribution in [2.45, 2.75) is 104 Å². The zero-order valence-corrected chi connectivity index (χ0v) is 30.8. The molecule has 0 aliphatic carbocycles. The predicted molar refractivity (Wildman–Crippen MR) is 194 cm³/mol. The quantitative estimate of drug-likeness (QED) is 0.0548. The Morgan fingerprint density at radius 3 is 2.08 bits per heavy atom. The molecule has 0 unspecified atom stereocenters. The van der Waals surface area contributed by atoms with E-state index < -0.39 is 67.1 Å². The first-order valence-electron chi connectivity index (χ1n) is 18.0. The summed E-state index contributed by atoms with van der Waals surface area (Å²) in [5.41, 5.74) is 7.71. The number of amides is 1. The molecule has 3 N–H and O–H groups in total. The van der Waals surface area contributed by atoms with Crippen LogP contribution in [-0.2, 0) is 65.5 Å². The Kier molecular flexibility index (Phi) is 15.6. The number of fused-ring (bicyclic) bond motifs is 1. The number of carbonyl (C=O) groups is 5. The van der Waals surface area contributed by atoms with Crippen molar-refractivity contribution in [1.29, 1.82) is 0 Å². The number of aryl methyl sites for hydroxylation is 1. The highest BCUT2D eigenvalue weighted by atomic mass is 16.8. The number of para-hydroxylation sites is 1. The number of carbonyl (C=O) groups excluding carboxylic acids is 5. The van der Waals surface area contributed by atoms with Gasteiger partial charge < -0.3 is 34.0 Å². The van der Waals surface area contributed by atoms with E-state index in [1.54, 1.807) is 33.8 Å². The number of H-pyrrole nitrogens is 1. The molecule has 0 radical (unpaired) electrons. The molecule has 1 aromatic heterocycles. The lowest BCUT2D eigenvalue weighted by atomic mass is 9.98. The molecular weight excluding hydrogens is 686 g/mol. The topological polar surface area (TPSA) is 181 Å². The molecule has 14 nitrogen and oxygen atoms in total. The van der Waals surface area contributed by atoms with E-state index in [-0.39, 0.29) is 25.7 Å². The minimum atomic E-state index is -1.55. The Bertz CT molecular complexity index is 1740. The van der Waals surface area contributed by atoms with Crippen molar-refractivity contribution in [3.63, 3.8) is 0 Å². The smallest absolute Gasteiger partial charge is 0.306 e. The summed E-state index contributed by atoms with van der Waals surface area (Å²) in [6, 6.07) is 16.0. The lowest BCUT2D eigenvalue weighted by Gasteiger charge is -2.43. The van der Waals surface area contributed by atoms with Crippen LogP contribution in [-0.4, -0.2) is 78.6 Å². The van der Waals surface area contributed by atoms with Crippen molar-refractivity contribution in [2.24, 2.45) is 0 Å². The van der Waals surface area contributed by atoms with E-state index in [0.717, 1.165) is 29.6 Å². The summed E-state index contributed by atoms with van der Waals surface area (Å²) in [5.74, 6) is -3.29. The lowest BCUT2D eigenvalue weighted by Crippen LogP contribution is -2.63. The number of aromatic nitrogens is 1. The SMILES string of the molecule is CCC(=O)OC[C@H]1O[C@@H](ONC(=O)/C=C/c2ccc(CNCCc3c(C)[nH]c4ccccc34)cc2)[C@H](OC(=O)CC)[C@@H](OC(=O)CC)[C@H]1OC(=O)CC. The molecule has 1 amide bonds. The van der Waals surface area contributed by atoms with E-state index in [1.807, 2.05) is 36.4 Å². The first kappa shape index (κ1) is 40.7. The van der Waals surface area contributed by atoms with Crippen molar-refractivity contribution in [1.82, 2.24) is 15.8 Å². The highest BCUT2D eigenvalue weighted by Gasteiger charge is 2.53. The van der Waals surface area contributed by atoms with Crippen molar-refractivity contribution < 1.29 is 52.5 Å². The zero-order valence-electron chi connectivity index (χ0n) is 30.8. The van der Waals surface area contributed by atoms with Crippen LogP contribution in [0.1, 0.15) is 75.8 Å². The number of hydrogen-bond donors (Lipinski definition) is 3. The van der Waals surface area contributed by atoms with E-state index in [0.29, 0.717) is 6.54 Å². The predicted octanol–water partition coefficient (Wildman–Crippen LogP) is 4.51. The molecular formula is C39H49N3O11. The second-order valence-corrected chi connectivity index (χ2v) is 12.4. The molecule has 1 aliphatic rings. The van der Waals surface area contributed by atoms with Crippen molar-refractivity contribution in [3.05, 3.63) is 77.0 Å².